The van der Waals surface area contributed by atoms with Gasteiger partial charge in [-0.2, -0.15) is 0 Å². The molecule has 4 nitrogen and oxygen atoms in total. The van der Waals surface area contributed by atoms with Crippen LogP contribution in [0.4, 0.5) is 0 Å². The van der Waals surface area contributed by atoms with Gasteiger partial charge in [0.25, 0.3) is 5.91 Å². The monoisotopic (exact) mass is 300 g/mol. The molecule has 4 heteroatoms. The van der Waals surface area contributed by atoms with E-state index in [2.05, 4.69) is 5.32 Å². The van der Waals surface area contributed by atoms with Crippen molar-refractivity contribution in [2.75, 3.05) is 14.1 Å². The number of hydrogen-bond donors (Lipinski definition) is 1. The van der Waals surface area contributed by atoms with Gasteiger partial charge in [0, 0.05) is 32.1 Å². The average molecular weight is 300 g/mol. The minimum absolute atomic E-state index is 0.0852. The lowest BCUT2D eigenvalue weighted by atomic mass is 9.88. The Balaban J connectivity index is 1.60. The van der Waals surface area contributed by atoms with Crippen LogP contribution >= 0.6 is 0 Å². The van der Waals surface area contributed by atoms with Crippen LogP contribution in [-0.4, -0.2) is 30.8 Å². The van der Waals surface area contributed by atoms with Crippen LogP contribution in [0.15, 0.2) is 24.3 Å². The molecule has 2 bridgehead atoms. The van der Waals surface area contributed by atoms with Crippen molar-refractivity contribution in [3.05, 3.63) is 35.4 Å². The van der Waals surface area contributed by atoms with Crippen LogP contribution in [0.2, 0.25) is 0 Å². The van der Waals surface area contributed by atoms with E-state index in [1.807, 2.05) is 36.2 Å². The van der Waals surface area contributed by atoms with Crippen LogP contribution in [0.25, 0.3) is 0 Å². The Morgan fingerprint density at radius 3 is 2.45 bits per heavy atom. The highest BCUT2D eigenvalue weighted by Crippen LogP contribution is 2.48. The highest BCUT2D eigenvalue weighted by molar-refractivity contribution is 5.93. The molecular formula is C18H24N2O2. The van der Waals surface area contributed by atoms with Gasteiger partial charge in [-0.25, -0.2) is 0 Å². The van der Waals surface area contributed by atoms with E-state index < -0.39 is 0 Å². The topological polar surface area (TPSA) is 49.4 Å². The van der Waals surface area contributed by atoms with Gasteiger partial charge >= 0.3 is 0 Å². The molecule has 2 aliphatic rings. The number of nitrogens with zero attached hydrogens (tertiary/aromatic N) is 1. The minimum atomic E-state index is -0.0852. The molecule has 0 aromatic heterocycles. The molecule has 2 amide bonds. The quantitative estimate of drug-likeness (QED) is 0.928. The SMILES string of the molecule is CNC(=O)c1ccc(CN(C)C(=O)C2CC3CCC2C3)cc1. The van der Waals surface area contributed by atoms with E-state index in [1.165, 1.54) is 19.3 Å². The van der Waals surface area contributed by atoms with Crippen LogP contribution in [0.5, 0.6) is 0 Å². The maximum atomic E-state index is 12.6. The smallest absolute Gasteiger partial charge is 0.251 e. The third kappa shape index (κ3) is 2.87. The second kappa shape index (κ2) is 6.11. The Morgan fingerprint density at radius 2 is 1.91 bits per heavy atom. The minimum Gasteiger partial charge on any atom is -0.355 e. The van der Waals surface area contributed by atoms with Crippen LogP contribution in [0, 0.1) is 17.8 Å². The third-order valence-electron chi connectivity index (χ3n) is 5.29. The van der Waals surface area contributed by atoms with Crippen LogP contribution < -0.4 is 5.32 Å². The summed E-state index contributed by atoms with van der Waals surface area (Å²) in [7, 11) is 3.51. The third-order valence-corrected chi connectivity index (χ3v) is 5.29. The number of amides is 2. The second-order valence-electron chi connectivity index (χ2n) is 6.75. The predicted octanol–water partition coefficient (Wildman–Crippen LogP) is 2.44. The summed E-state index contributed by atoms with van der Waals surface area (Å²) in [6, 6.07) is 7.47. The molecule has 0 saturated heterocycles. The Kier molecular flexibility index (Phi) is 4.19. The maximum absolute atomic E-state index is 12.6. The van der Waals surface area contributed by atoms with Gasteiger partial charge in [-0.3, -0.25) is 9.59 Å². The lowest BCUT2D eigenvalue weighted by Gasteiger charge is -2.26. The van der Waals surface area contributed by atoms with E-state index in [0.29, 0.717) is 23.9 Å². The molecule has 0 spiro atoms. The first-order chi connectivity index (χ1) is 10.6. The maximum Gasteiger partial charge on any atom is 0.251 e. The van der Waals surface area contributed by atoms with E-state index in [0.717, 1.165) is 17.9 Å². The van der Waals surface area contributed by atoms with Gasteiger partial charge in [-0.15, -0.1) is 0 Å². The van der Waals surface area contributed by atoms with E-state index in [-0.39, 0.29) is 11.8 Å². The second-order valence-corrected chi connectivity index (χ2v) is 6.75. The summed E-state index contributed by atoms with van der Waals surface area (Å²) < 4.78 is 0. The van der Waals surface area contributed by atoms with Gasteiger partial charge in [-0.1, -0.05) is 18.6 Å². The number of rotatable bonds is 4. The van der Waals surface area contributed by atoms with Gasteiger partial charge in [-0.05, 0) is 48.8 Å². The first-order valence-electron chi connectivity index (χ1n) is 8.14. The molecule has 2 aliphatic carbocycles. The lowest BCUT2D eigenvalue weighted by Crippen LogP contribution is -2.35. The van der Waals surface area contributed by atoms with Crippen molar-refractivity contribution in [2.24, 2.45) is 17.8 Å². The summed E-state index contributed by atoms with van der Waals surface area (Å²) >= 11 is 0. The molecule has 0 aliphatic heterocycles. The van der Waals surface area contributed by atoms with E-state index in [1.54, 1.807) is 7.05 Å². The fraction of sp³-hybridized carbons (Fsp3) is 0.556. The largest absolute Gasteiger partial charge is 0.355 e. The number of carbonyl (C=O) groups is 2. The van der Waals surface area contributed by atoms with Crippen LogP contribution in [0.3, 0.4) is 0 Å². The summed E-state index contributed by atoms with van der Waals surface area (Å²) in [6.45, 7) is 0.612. The number of carbonyl (C=O) groups excluding carboxylic acids is 2. The summed E-state index contributed by atoms with van der Waals surface area (Å²) in [6.07, 6.45) is 4.89. The average Bonchev–Trinajstić information content (AvgIpc) is 3.17. The van der Waals surface area contributed by atoms with Crippen molar-refractivity contribution in [3.63, 3.8) is 0 Å². The predicted molar refractivity (Wildman–Crippen MR) is 85.2 cm³/mol. The Hall–Kier alpha value is -1.84. The number of benzene rings is 1. The summed E-state index contributed by atoms with van der Waals surface area (Å²) in [5, 5.41) is 2.61. The van der Waals surface area contributed by atoms with Gasteiger partial charge in [0.15, 0.2) is 0 Å². The number of fused-ring (bicyclic) bond motifs is 2. The molecule has 1 aromatic rings. The van der Waals surface area contributed by atoms with Gasteiger partial charge in [0.1, 0.15) is 0 Å². The Bertz CT molecular complexity index is 567. The van der Waals surface area contributed by atoms with Crippen molar-refractivity contribution in [1.82, 2.24) is 10.2 Å². The molecule has 1 aromatic carbocycles. The molecule has 0 heterocycles. The summed E-state index contributed by atoms with van der Waals surface area (Å²) in [5.41, 5.74) is 1.71. The molecule has 2 fully saturated rings. The zero-order valence-corrected chi connectivity index (χ0v) is 13.3. The van der Waals surface area contributed by atoms with E-state index in [9.17, 15) is 9.59 Å². The standard InChI is InChI=1S/C18H24N2O2/c1-19-17(21)14-6-3-12(4-7-14)11-20(2)18(22)16-10-13-5-8-15(16)9-13/h3-4,6-7,13,15-16H,5,8-11H2,1-2H3,(H,19,21). The normalized spacial score (nSPS) is 26.0. The molecule has 0 radical (unpaired) electrons. The Morgan fingerprint density at radius 1 is 1.18 bits per heavy atom. The van der Waals surface area contributed by atoms with Gasteiger partial charge < -0.3 is 10.2 Å². The van der Waals surface area contributed by atoms with Gasteiger partial charge in [0.2, 0.25) is 5.91 Å². The fourth-order valence-corrected chi connectivity index (χ4v) is 4.09. The van der Waals surface area contributed by atoms with Crippen molar-refractivity contribution in [2.45, 2.75) is 32.2 Å². The molecule has 3 unspecified atom stereocenters. The van der Waals surface area contributed by atoms with Crippen molar-refractivity contribution in [1.29, 1.82) is 0 Å². The number of hydrogen-bond acceptors (Lipinski definition) is 2. The molecule has 2 saturated carbocycles. The van der Waals surface area contributed by atoms with E-state index >= 15 is 0 Å². The van der Waals surface area contributed by atoms with Crippen LogP contribution in [-0.2, 0) is 11.3 Å². The molecule has 3 rings (SSSR count). The fourth-order valence-electron chi connectivity index (χ4n) is 4.09. The van der Waals surface area contributed by atoms with Crippen LogP contribution in [0.1, 0.15) is 41.6 Å². The zero-order valence-electron chi connectivity index (χ0n) is 13.3. The highest BCUT2D eigenvalue weighted by atomic mass is 16.2. The van der Waals surface area contributed by atoms with Crippen molar-refractivity contribution in [3.8, 4) is 0 Å². The molecule has 1 N–H and O–H groups in total. The number of nitrogens with one attached hydrogen (secondary N) is 1. The van der Waals surface area contributed by atoms with Crippen molar-refractivity contribution < 1.29 is 9.59 Å². The highest BCUT2D eigenvalue weighted by Gasteiger charge is 2.43. The summed E-state index contributed by atoms with van der Waals surface area (Å²) in [4.78, 5) is 26.0. The zero-order chi connectivity index (χ0) is 15.7. The molecule has 3 atom stereocenters. The Labute approximate surface area is 131 Å². The first-order valence-corrected chi connectivity index (χ1v) is 8.14. The van der Waals surface area contributed by atoms with Gasteiger partial charge in [0.05, 0.1) is 0 Å². The van der Waals surface area contributed by atoms with E-state index in [4.69, 9.17) is 0 Å². The molecule has 22 heavy (non-hydrogen) atoms. The summed E-state index contributed by atoms with van der Waals surface area (Å²) in [5.74, 6) is 1.86. The molecule has 118 valence electrons. The first kappa shape index (κ1) is 15.1. The lowest BCUT2D eigenvalue weighted by molar-refractivity contribution is -0.136. The molecular weight excluding hydrogens is 276 g/mol. The van der Waals surface area contributed by atoms with Crippen molar-refractivity contribution >= 4 is 11.8 Å².